The second kappa shape index (κ2) is 22.0. The Morgan fingerprint density at radius 1 is 0.735 bits per heavy atom. The zero-order valence-corrected chi connectivity index (χ0v) is 30.1. The van der Waals surface area contributed by atoms with Gasteiger partial charge in [0.05, 0.1) is 12.3 Å². The van der Waals surface area contributed by atoms with Crippen molar-refractivity contribution in [1.82, 2.24) is 19.4 Å². The largest absolute Gasteiger partial charge is 0.494 e. The van der Waals surface area contributed by atoms with Gasteiger partial charge in [0.25, 0.3) is 0 Å². The van der Waals surface area contributed by atoms with Gasteiger partial charge in [-0.25, -0.2) is 13.8 Å². The molecule has 7 nitrogen and oxygen atoms in total. The molecule has 0 amide bonds. The van der Waals surface area contributed by atoms with Crippen LogP contribution in [0.15, 0.2) is 72.9 Å². The fourth-order valence-corrected chi connectivity index (χ4v) is 5.38. The molecule has 0 saturated carbocycles. The van der Waals surface area contributed by atoms with Gasteiger partial charge in [0.15, 0.2) is 0 Å². The van der Waals surface area contributed by atoms with Crippen LogP contribution in [-0.4, -0.2) is 76.9 Å². The Hall–Kier alpha value is -3.79. The number of ether oxygens (including phenoxy) is 2. The minimum absolute atomic E-state index is 0.0461. The first-order chi connectivity index (χ1) is 23.8. The van der Waals surface area contributed by atoms with Gasteiger partial charge in [-0.3, -0.25) is 0 Å². The molecule has 0 atom stereocenters. The second-order valence-electron chi connectivity index (χ2n) is 11.9. The van der Waals surface area contributed by atoms with Gasteiger partial charge in [-0.2, -0.15) is 0 Å². The van der Waals surface area contributed by atoms with Crippen molar-refractivity contribution >= 4 is 0 Å². The van der Waals surface area contributed by atoms with E-state index < -0.39 is 11.6 Å². The van der Waals surface area contributed by atoms with Gasteiger partial charge in [0.2, 0.25) is 0 Å². The molecule has 0 bridgehead atoms. The van der Waals surface area contributed by atoms with Crippen LogP contribution in [0.25, 0.3) is 16.9 Å². The lowest BCUT2D eigenvalue weighted by Gasteiger charge is -2.17. The summed E-state index contributed by atoms with van der Waals surface area (Å²) in [6, 6.07) is 19.1. The van der Waals surface area contributed by atoms with Crippen LogP contribution >= 0.6 is 0 Å². The van der Waals surface area contributed by atoms with Gasteiger partial charge in [-0.1, -0.05) is 41.0 Å². The zero-order valence-electron chi connectivity index (χ0n) is 30.1. The molecule has 9 heteroatoms. The van der Waals surface area contributed by atoms with Crippen LogP contribution in [0.3, 0.4) is 0 Å². The highest BCUT2D eigenvalue weighted by molar-refractivity contribution is 5.61. The maximum atomic E-state index is 13.9. The summed E-state index contributed by atoms with van der Waals surface area (Å²) in [5.74, 6) is 1.46. The van der Waals surface area contributed by atoms with E-state index in [0.29, 0.717) is 19.0 Å². The fraction of sp³-hybridized carbons (Fsp3) is 0.475. The summed E-state index contributed by atoms with van der Waals surface area (Å²) in [7, 11) is 0. The topological polar surface area (TPSA) is 63.0 Å². The van der Waals surface area contributed by atoms with E-state index in [4.69, 9.17) is 19.6 Å². The van der Waals surface area contributed by atoms with Crippen molar-refractivity contribution in [2.45, 2.75) is 73.3 Å². The molecule has 0 saturated heterocycles. The molecular formula is C40H56F2N4O3. The average molecular weight is 679 g/mol. The number of aromatic nitrogens is 2. The highest BCUT2D eigenvalue weighted by Crippen LogP contribution is 2.26. The average Bonchev–Trinajstić information content (AvgIpc) is 3.56. The quantitative estimate of drug-likeness (QED) is 0.0946. The third kappa shape index (κ3) is 13.2. The van der Waals surface area contributed by atoms with E-state index in [1.165, 1.54) is 0 Å². The molecule has 0 aliphatic heterocycles. The minimum atomic E-state index is -0.487. The van der Waals surface area contributed by atoms with Crippen LogP contribution in [0, 0.1) is 11.6 Å². The lowest BCUT2D eigenvalue weighted by Crippen LogP contribution is -2.25. The molecule has 3 aromatic carbocycles. The summed E-state index contributed by atoms with van der Waals surface area (Å²) in [6.07, 6.45) is 6.94. The Morgan fingerprint density at radius 2 is 1.35 bits per heavy atom. The number of imidazole rings is 1. The molecule has 0 aliphatic carbocycles. The van der Waals surface area contributed by atoms with E-state index in [-0.39, 0.29) is 12.2 Å². The highest BCUT2D eigenvalue weighted by Gasteiger charge is 2.12. The Balaban J connectivity index is 0.000000635. The maximum absolute atomic E-state index is 13.9. The molecule has 268 valence electrons. The van der Waals surface area contributed by atoms with E-state index in [9.17, 15) is 8.78 Å². The smallest absolute Gasteiger partial charge is 0.130 e. The number of halogens is 2. The number of hydrogen-bond acceptors (Lipinski definition) is 6. The molecule has 0 unspecified atom stereocenters. The highest BCUT2D eigenvalue weighted by atomic mass is 19.1. The monoisotopic (exact) mass is 678 g/mol. The maximum Gasteiger partial charge on any atom is 0.130 e. The van der Waals surface area contributed by atoms with Crippen molar-refractivity contribution in [3.05, 3.63) is 95.9 Å². The number of aliphatic hydroxyl groups excluding tert-OH is 1. The predicted molar refractivity (Wildman–Crippen MR) is 196 cm³/mol. The molecule has 4 rings (SSSR count). The zero-order chi connectivity index (χ0) is 35.4. The van der Waals surface area contributed by atoms with Gasteiger partial charge in [-0.05, 0) is 112 Å². The second-order valence-corrected chi connectivity index (χ2v) is 11.9. The van der Waals surface area contributed by atoms with Gasteiger partial charge in [-0.15, -0.1) is 0 Å². The van der Waals surface area contributed by atoms with Crippen molar-refractivity contribution in [2.24, 2.45) is 0 Å². The van der Waals surface area contributed by atoms with Gasteiger partial charge in [0.1, 0.15) is 35.6 Å². The van der Waals surface area contributed by atoms with Crippen LogP contribution in [-0.2, 0) is 13.0 Å². The number of benzene rings is 3. The van der Waals surface area contributed by atoms with E-state index in [2.05, 4.69) is 67.3 Å². The van der Waals surface area contributed by atoms with Crippen LogP contribution in [0.2, 0.25) is 0 Å². The van der Waals surface area contributed by atoms with E-state index >= 15 is 0 Å². The Bertz CT molecular complexity index is 1470. The fourth-order valence-electron chi connectivity index (χ4n) is 5.38. The first-order valence-corrected chi connectivity index (χ1v) is 17.9. The van der Waals surface area contributed by atoms with Gasteiger partial charge >= 0.3 is 0 Å². The van der Waals surface area contributed by atoms with Crippen LogP contribution in [0.4, 0.5) is 8.78 Å². The minimum Gasteiger partial charge on any atom is -0.494 e. The van der Waals surface area contributed by atoms with E-state index in [1.54, 1.807) is 0 Å². The summed E-state index contributed by atoms with van der Waals surface area (Å²) >= 11 is 0. The summed E-state index contributed by atoms with van der Waals surface area (Å²) in [6.45, 7) is 18.2. The lowest BCUT2D eigenvalue weighted by molar-refractivity contribution is 0.236. The van der Waals surface area contributed by atoms with Crippen molar-refractivity contribution in [1.29, 1.82) is 0 Å². The summed E-state index contributed by atoms with van der Waals surface area (Å²) in [4.78, 5) is 9.66. The van der Waals surface area contributed by atoms with Gasteiger partial charge in [0, 0.05) is 49.1 Å². The molecule has 1 heterocycles. The SMILES string of the molecule is CCCCc1nc(-c2ccc(OCCCN(CC)CC)cc2)cn1-c1ccc(OCc2cc(F)ccc2F)cc1.CCN(CC)CCCO. The molecule has 0 spiro atoms. The number of hydrogen-bond donors (Lipinski definition) is 1. The molecule has 4 aromatic rings. The van der Waals surface area contributed by atoms with E-state index in [1.807, 2.05) is 36.4 Å². The molecule has 49 heavy (non-hydrogen) atoms. The van der Waals surface area contributed by atoms with Crippen molar-refractivity contribution < 1.29 is 23.4 Å². The predicted octanol–water partition coefficient (Wildman–Crippen LogP) is 8.56. The van der Waals surface area contributed by atoms with Crippen LogP contribution in [0.1, 0.15) is 71.7 Å². The molecule has 0 fully saturated rings. The standard InChI is InChI=1S/C33H39F2N3O2.C7H17NO/c1-4-7-9-33-36-32(25-10-15-29(16-11-25)39-21-8-20-37(5-2)6-3)23-38(33)28-13-17-30(18-14-28)40-24-26-22-27(34)12-19-31(26)35;1-3-8(4-2)6-5-7-9/h10-19,22-23H,4-9,20-21,24H2,1-3H3;9H,3-7H2,1-2H3. The third-order valence-corrected chi connectivity index (χ3v) is 8.51. The summed E-state index contributed by atoms with van der Waals surface area (Å²) < 4.78 is 41.2. The van der Waals surface area contributed by atoms with Crippen molar-refractivity contribution in [3.8, 4) is 28.4 Å². The van der Waals surface area contributed by atoms with E-state index in [0.717, 1.165) is 118 Å². The van der Waals surface area contributed by atoms with Crippen LogP contribution < -0.4 is 9.47 Å². The van der Waals surface area contributed by atoms with Gasteiger partial charge < -0.3 is 28.9 Å². The number of aliphatic hydroxyl groups is 1. The summed E-state index contributed by atoms with van der Waals surface area (Å²) in [5, 5.41) is 8.48. The lowest BCUT2D eigenvalue weighted by atomic mass is 10.1. The Morgan fingerprint density at radius 3 is 1.96 bits per heavy atom. The number of rotatable bonds is 20. The number of nitrogens with zero attached hydrogens (tertiary/aromatic N) is 4. The molecular weight excluding hydrogens is 622 g/mol. The molecule has 1 N–H and O–H groups in total. The molecule has 0 radical (unpaired) electrons. The first kappa shape index (κ1) is 39.6. The first-order valence-electron chi connectivity index (χ1n) is 17.9. The summed E-state index contributed by atoms with van der Waals surface area (Å²) in [5.41, 5.74) is 3.08. The third-order valence-electron chi connectivity index (χ3n) is 8.51. The molecule has 1 aromatic heterocycles. The van der Waals surface area contributed by atoms with Crippen molar-refractivity contribution in [3.63, 3.8) is 0 Å². The normalized spacial score (nSPS) is 11.1. The Labute approximate surface area is 292 Å². The Kier molecular flexibility index (Phi) is 17.8. The van der Waals surface area contributed by atoms with Crippen molar-refractivity contribution in [2.75, 3.05) is 52.5 Å². The van der Waals surface area contributed by atoms with Crippen LogP contribution in [0.5, 0.6) is 11.5 Å². The number of unbranched alkanes of at least 4 members (excludes halogenated alkanes) is 1. The molecule has 0 aliphatic rings. The number of aryl methyl sites for hydroxylation is 1.